The molecular weight excluding hydrogens is 329 g/mol. The number of hydrogen-bond acceptors (Lipinski definition) is 2. The molecule has 0 bridgehead atoms. The molecule has 7 heteroatoms. The van der Waals surface area contributed by atoms with Crippen LogP contribution in [0.3, 0.4) is 0 Å². The maximum absolute atomic E-state index is 12.7. The number of carboxylic acid groups (broad SMARTS) is 1. The average molecular weight is 337 g/mol. The minimum atomic E-state index is -4.56. The number of hydrogen-bond donors (Lipinski definition) is 1. The van der Waals surface area contributed by atoms with E-state index in [2.05, 4.69) is 15.9 Å². The van der Waals surface area contributed by atoms with Gasteiger partial charge in [-0.15, -0.1) is 0 Å². The van der Waals surface area contributed by atoms with Crippen LogP contribution < -0.4 is 0 Å². The molecule has 1 N–H and O–H groups in total. The predicted molar refractivity (Wildman–Crippen MR) is 62.7 cm³/mol. The molecule has 3 nitrogen and oxygen atoms in total. The van der Waals surface area contributed by atoms with E-state index < -0.39 is 35.3 Å². The molecule has 102 valence electrons. The van der Waals surface area contributed by atoms with Crippen molar-refractivity contribution in [2.75, 3.05) is 0 Å². The maximum atomic E-state index is 12.7. The van der Waals surface area contributed by atoms with Gasteiger partial charge in [0.15, 0.2) is 5.78 Å². The third-order valence-electron chi connectivity index (χ3n) is 3.00. The maximum Gasteiger partial charge on any atom is 0.417 e. The van der Waals surface area contributed by atoms with Crippen molar-refractivity contribution in [3.63, 3.8) is 0 Å². The van der Waals surface area contributed by atoms with E-state index in [4.69, 9.17) is 5.11 Å². The average Bonchev–Trinajstić information content (AvgIpc) is 3.07. The molecule has 0 aromatic heterocycles. The molecule has 2 atom stereocenters. The van der Waals surface area contributed by atoms with Crippen LogP contribution in [0.2, 0.25) is 0 Å². The van der Waals surface area contributed by atoms with Gasteiger partial charge >= 0.3 is 12.1 Å². The molecule has 0 aliphatic heterocycles. The lowest BCUT2D eigenvalue weighted by Gasteiger charge is -2.10. The molecule has 0 spiro atoms. The highest BCUT2D eigenvalue weighted by atomic mass is 79.9. The molecule has 0 amide bonds. The largest absolute Gasteiger partial charge is 0.481 e. The molecule has 0 radical (unpaired) electrons. The molecular formula is C12H8BrF3O3. The topological polar surface area (TPSA) is 54.4 Å². The quantitative estimate of drug-likeness (QED) is 0.861. The van der Waals surface area contributed by atoms with Crippen molar-refractivity contribution in [1.82, 2.24) is 0 Å². The highest BCUT2D eigenvalue weighted by Gasteiger charge is 2.48. The summed E-state index contributed by atoms with van der Waals surface area (Å²) in [5.41, 5.74) is -1.05. The van der Waals surface area contributed by atoms with Gasteiger partial charge in [-0.2, -0.15) is 13.2 Å². The molecule has 1 saturated carbocycles. The van der Waals surface area contributed by atoms with Gasteiger partial charge in [0.25, 0.3) is 0 Å². The van der Waals surface area contributed by atoms with Crippen molar-refractivity contribution in [3.05, 3.63) is 33.8 Å². The Morgan fingerprint density at radius 1 is 1.26 bits per heavy atom. The summed E-state index contributed by atoms with van der Waals surface area (Å²) < 4.78 is 37.9. The van der Waals surface area contributed by atoms with E-state index in [0.29, 0.717) is 0 Å². The summed E-state index contributed by atoms with van der Waals surface area (Å²) >= 11 is 2.78. The summed E-state index contributed by atoms with van der Waals surface area (Å²) in [5, 5.41) is 8.71. The normalized spacial score (nSPS) is 22.1. The van der Waals surface area contributed by atoms with E-state index in [0.717, 1.165) is 12.1 Å². The number of halogens is 4. The Labute approximate surface area is 114 Å². The molecule has 1 fully saturated rings. The number of alkyl halides is 3. The van der Waals surface area contributed by atoms with E-state index in [9.17, 15) is 22.8 Å². The van der Waals surface area contributed by atoms with Crippen molar-refractivity contribution in [2.24, 2.45) is 11.8 Å². The fraction of sp³-hybridized carbons (Fsp3) is 0.333. The van der Waals surface area contributed by atoms with Crippen molar-refractivity contribution >= 4 is 27.7 Å². The lowest BCUT2D eigenvalue weighted by Crippen LogP contribution is -2.11. The number of carbonyl (C=O) groups excluding carboxylic acids is 1. The zero-order valence-corrected chi connectivity index (χ0v) is 11.0. The second kappa shape index (κ2) is 4.63. The minimum absolute atomic E-state index is 0.107. The number of ketones is 1. The summed E-state index contributed by atoms with van der Waals surface area (Å²) in [6.07, 6.45) is -4.38. The van der Waals surface area contributed by atoms with Crippen LogP contribution in [0.1, 0.15) is 22.3 Å². The van der Waals surface area contributed by atoms with Gasteiger partial charge in [0.05, 0.1) is 11.5 Å². The SMILES string of the molecule is O=C(O)C1CC1C(=O)c1ccc(Br)c(C(F)(F)F)c1. The van der Waals surface area contributed by atoms with Gasteiger partial charge < -0.3 is 5.11 Å². The smallest absolute Gasteiger partial charge is 0.417 e. The molecule has 2 unspecified atom stereocenters. The highest BCUT2D eigenvalue weighted by molar-refractivity contribution is 9.10. The van der Waals surface area contributed by atoms with Crippen molar-refractivity contribution in [1.29, 1.82) is 0 Å². The molecule has 2 rings (SSSR count). The molecule has 19 heavy (non-hydrogen) atoms. The third-order valence-corrected chi connectivity index (χ3v) is 3.69. The van der Waals surface area contributed by atoms with Crippen LogP contribution in [0.5, 0.6) is 0 Å². The first-order valence-corrected chi connectivity index (χ1v) is 6.15. The first kappa shape index (κ1) is 14.0. The van der Waals surface area contributed by atoms with Crippen molar-refractivity contribution in [2.45, 2.75) is 12.6 Å². The molecule has 1 aliphatic rings. The van der Waals surface area contributed by atoms with Crippen LogP contribution >= 0.6 is 15.9 Å². The Morgan fingerprint density at radius 3 is 2.37 bits per heavy atom. The van der Waals surface area contributed by atoms with Gasteiger partial charge in [0.1, 0.15) is 0 Å². The molecule has 1 aliphatic carbocycles. The lowest BCUT2D eigenvalue weighted by molar-refractivity contribution is -0.139. The number of carbonyl (C=O) groups is 2. The Morgan fingerprint density at radius 2 is 1.89 bits per heavy atom. The lowest BCUT2D eigenvalue weighted by atomic mass is 10.0. The van der Waals surface area contributed by atoms with Crippen LogP contribution in [0.25, 0.3) is 0 Å². The molecule has 0 saturated heterocycles. The summed E-state index contributed by atoms with van der Waals surface area (Å²) in [5.74, 6) is -3.12. The van der Waals surface area contributed by atoms with Gasteiger partial charge in [0.2, 0.25) is 0 Å². The van der Waals surface area contributed by atoms with Gasteiger partial charge in [-0.25, -0.2) is 0 Å². The van der Waals surface area contributed by atoms with Crippen LogP contribution in [-0.4, -0.2) is 16.9 Å². The van der Waals surface area contributed by atoms with E-state index in [1.165, 1.54) is 6.07 Å². The van der Waals surface area contributed by atoms with Gasteiger partial charge in [-0.1, -0.05) is 22.0 Å². The molecule has 0 heterocycles. The zero-order valence-electron chi connectivity index (χ0n) is 9.37. The Hall–Kier alpha value is -1.37. The fourth-order valence-corrected chi connectivity index (χ4v) is 2.34. The van der Waals surface area contributed by atoms with Crippen molar-refractivity contribution in [3.8, 4) is 0 Å². The van der Waals surface area contributed by atoms with Crippen LogP contribution in [0.4, 0.5) is 13.2 Å². The number of benzene rings is 1. The summed E-state index contributed by atoms with van der Waals surface area (Å²) in [6, 6.07) is 3.16. The van der Waals surface area contributed by atoms with Gasteiger partial charge in [-0.05, 0) is 18.6 Å². The van der Waals surface area contributed by atoms with E-state index in [-0.39, 0.29) is 16.5 Å². The first-order valence-electron chi connectivity index (χ1n) is 5.35. The molecule has 1 aromatic carbocycles. The number of Topliss-reactive ketones (excluding diaryl/α,β-unsaturated/α-hetero) is 1. The summed E-state index contributed by atoms with van der Waals surface area (Å²) in [4.78, 5) is 22.5. The summed E-state index contributed by atoms with van der Waals surface area (Å²) in [7, 11) is 0. The van der Waals surface area contributed by atoms with Gasteiger partial charge in [0, 0.05) is 16.0 Å². The van der Waals surface area contributed by atoms with Crippen LogP contribution in [-0.2, 0) is 11.0 Å². The van der Waals surface area contributed by atoms with E-state index >= 15 is 0 Å². The van der Waals surface area contributed by atoms with E-state index in [1.807, 2.05) is 0 Å². The summed E-state index contributed by atoms with van der Waals surface area (Å²) in [6.45, 7) is 0. The monoisotopic (exact) mass is 336 g/mol. The highest BCUT2D eigenvalue weighted by Crippen LogP contribution is 2.42. The van der Waals surface area contributed by atoms with E-state index in [1.54, 1.807) is 0 Å². The second-order valence-corrected chi connectivity index (χ2v) is 5.20. The minimum Gasteiger partial charge on any atom is -0.481 e. The van der Waals surface area contributed by atoms with Crippen LogP contribution in [0, 0.1) is 11.8 Å². The second-order valence-electron chi connectivity index (χ2n) is 4.34. The predicted octanol–water partition coefficient (Wildman–Crippen LogP) is 3.37. The molecule has 1 aromatic rings. The van der Waals surface area contributed by atoms with Gasteiger partial charge in [-0.3, -0.25) is 9.59 Å². The Kier molecular flexibility index (Phi) is 3.42. The Bertz CT molecular complexity index is 554. The van der Waals surface area contributed by atoms with Crippen LogP contribution in [0.15, 0.2) is 22.7 Å². The third kappa shape index (κ3) is 2.80. The number of aliphatic carboxylic acids is 1. The fourth-order valence-electron chi connectivity index (χ4n) is 1.87. The zero-order chi connectivity index (χ0) is 14.4. The standard InChI is InChI=1S/C12H8BrF3O3/c13-9-2-1-5(3-8(9)12(14,15)16)10(17)6-4-7(6)11(18)19/h1-3,6-7H,4H2,(H,18,19). The first-order chi connectivity index (χ1) is 8.71. The number of rotatable bonds is 3. The van der Waals surface area contributed by atoms with Crippen molar-refractivity contribution < 1.29 is 27.9 Å². The Balaban J connectivity index is 2.28. The number of carboxylic acids is 1.